The van der Waals surface area contributed by atoms with Gasteiger partial charge in [-0.25, -0.2) is 0 Å². The Bertz CT molecular complexity index is 1090. The molecule has 0 radical (unpaired) electrons. The average Bonchev–Trinajstić information content (AvgIpc) is 2.71. The van der Waals surface area contributed by atoms with E-state index in [-0.39, 0.29) is 17.1 Å². The average molecular weight is 459 g/mol. The minimum Gasteiger partial charge on any atom is -0.325 e. The van der Waals surface area contributed by atoms with Gasteiger partial charge in [-0.3, -0.25) is 9.59 Å². The standard InChI is InChI=1S/C23H20Cl2N2O2S/c1-14-20(25)10-5-11-21(14)27-22(28)15(2)30-19-9-4-8-18(13-19)26-23(29)16-6-3-7-17(24)12-16/h3-13,15H,1-2H3,(H,26,29)(H,27,28). The molecule has 0 aliphatic rings. The number of carbonyl (C=O) groups is 2. The van der Waals surface area contributed by atoms with Crippen molar-refractivity contribution in [3.05, 3.63) is 87.9 Å². The van der Waals surface area contributed by atoms with Crippen LogP contribution in [0.15, 0.2) is 71.6 Å². The quantitative estimate of drug-likeness (QED) is 0.405. The van der Waals surface area contributed by atoms with Crippen LogP contribution in [-0.2, 0) is 4.79 Å². The summed E-state index contributed by atoms with van der Waals surface area (Å²) in [5.41, 5.74) is 2.64. The van der Waals surface area contributed by atoms with E-state index in [1.807, 2.05) is 38.1 Å². The molecule has 0 spiro atoms. The summed E-state index contributed by atoms with van der Waals surface area (Å²) in [7, 11) is 0. The summed E-state index contributed by atoms with van der Waals surface area (Å²) in [4.78, 5) is 25.9. The van der Waals surface area contributed by atoms with Crippen molar-refractivity contribution in [2.45, 2.75) is 24.0 Å². The second kappa shape index (κ2) is 10.0. The Kier molecular flexibility index (Phi) is 7.43. The number of thioether (sulfide) groups is 1. The van der Waals surface area contributed by atoms with Crippen molar-refractivity contribution in [1.82, 2.24) is 0 Å². The molecule has 3 aromatic carbocycles. The Morgan fingerprint density at radius 1 is 0.933 bits per heavy atom. The fourth-order valence-corrected chi connectivity index (χ4v) is 4.01. The van der Waals surface area contributed by atoms with E-state index in [4.69, 9.17) is 23.2 Å². The lowest BCUT2D eigenvalue weighted by Gasteiger charge is -2.15. The van der Waals surface area contributed by atoms with Gasteiger partial charge in [-0.2, -0.15) is 0 Å². The maximum absolute atomic E-state index is 12.6. The number of hydrogen-bond acceptors (Lipinski definition) is 3. The molecule has 4 nitrogen and oxygen atoms in total. The zero-order chi connectivity index (χ0) is 21.7. The van der Waals surface area contributed by atoms with E-state index in [2.05, 4.69) is 10.6 Å². The molecule has 2 N–H and O–H groups in total. The van der Waals surface area contributed by atoms with Crippen LogP contribution >= 0.6 is 35.0 Å². The number of hydrogen-bond donors (Lipinski definition) is 2. The Balaban J connectivity index is 1.64. The van der Waals surface area contributed by atoms with Crippen LogP contribution in [0, 0.1) is 6.92 Å². The smallest absolute Gasteiger partial charge is 0.255 e. The van der Waals surface area contributed by atoms with Crippen LogP contribution in [-0.4, -0.2) is 17.1 Å². The fourth-order valence-electron chi connectivity index (χ4n) is 2.72. The molecule has 30 heavy (non-hydrogen) atoms. The third-order valence-electron chi connectivity index (χ3n) is 4.39. The molecule has 0 heterocycles. The van der Waals surface area contributed by atoms with Gasteiger partial charge in [0.2, 0.25) is 5.91 Å². The summed E-state index contributed by atoms with van der Waals surface area (Å²) >= 11 is 13.5. The predicted octanol–water partition coefficient (Wildman–Crippen LogP) is 6.67. The molecular weight excluding hydrogens is 439 g/mol. The van der Waals surface area contributed by atoms with E-state index in [1.54, 1.807) is 42.5 Å². The van der Waals surface area contributed by atoms with Crippen LogP contribution in [0.25, 0.3) is 0 Å². The highest BCUT2D eigenvalue weighted by Gasteiger charge is 2.16. The highest BCUT2D eigenvalue weighted by Crippen LogP contribution is 2.28. The van der Waals surface area contributed by atoms with E-state index < -0.39 is 0 Å². The summed E-state index contributed by atoms with van der Waals surface area (Å²) in [5, 5.41) is 6.54. The molecule has 7 heteroatoms. The third-order valence-corrected chi connectivity index (χ3v) is 6.12. The minimum atomic E-state index is -0.345. The van der Waals surface area contributed by atoms with Crippen LogP contribution in [0.3, 0.4) is 0 Å². The molecule has 3 rings (SSSR count). The minimum absolute atomic E-state index is 0.126. The number of benzene rings is 3. The number of nitrogens with one attached hydrogen (secondary N) is 2. The van der Waals surface area contributed by atoms with Gasteiger partial charge in [-0.05, 0) is 67.9 Å². The fraction of sp³-hybridized carbons (Fsp3) is 0.130. The van der Waals surface area contributed by atoms with Crippen LogP contribution in [0.1, 0.15) is 22.8 Å². The van der Waals surface area contributed by atoms with Crippen LogP contribution in [0.2, 0.25) is 10.0 Å². The van der Waals surface area contributed by atoms with Gasteiger partial charge in [-0.1, -0.05) is 41.4 Å². The molecule has 0 fully saturated rings. The van der Waals surface area contributed by atoms with Crippen molar-refractivity contribution in [1.29, 1.82) is 0 Å². The first kappa shape index (κ1) is 22.2. The molecular formula is C23H20Cl2N2O2S. The SMILES string of the molecule is Cc1c(Cl)cccc1NC(=O)C(C)Sc1cccc(NC(=O)c2cccc(Cl)c2)c1. The van der Waals surface area contributed by atoms with Gasteiger partial charge in [0.25, 0.3) is 5.91 Å². The number of anilines is 2. The topological polar surface area (TPSA) is 58.2 Å². The summed E-state index contributed by atoms with van der Waals surface area (Å²) in [6, 6.07) is 19.5. The molecule has 0 aliphatic heterocycles. The number of amides is 2. The highest BCUT2D eigenvalue weighted by molar-refractivity contribution is 8.00. The van der Waals surface area contributed by atoms with Gasteiger partial charge in [0, 0.05) is 31.9 Å². The molecule has 0 saturated carbocycles. The number of halogens is 2. The normalized spacial score (nSPS) is 11.6. The van der Waals surface area contributed by atoms with E-state index in [9.17, 15) is 9.59 Å². The van der Waals surface area contributed by atoms with Crippen molar-refractivity contribution >= 4 is 58.2 Å². The first-order chi connectivity index (χ1) is 14.3. The lowest BCUT2D eigenvalue weighted by atomic mass is 10.2. The maximum Gasteiger partial charge on any atom is 0.255 e. The molecule has 0 aliphatic carbocycles. The molecule has 0 saturated heterocycles. The number of carbonyl (C=O) groups excluding carboxylic acids is 2. The summed E-state index contributed by atoms with van der Waals surface area (Å²) < 4.78 is 0. The van der Waals surface area contributed by atoms with Crippen LogP contribution in [0.4, 0.5) is 11.4 Å². The van der Waals surface area contributed by atoms with Gasteiger partial charge < -0.3 is 10.6 Å². The van der Waals surface area contributed by atoms with Crippen molar-refractivity contribution in [3.8, 4) is 0 Å². The second-order valence-corrected chi connectivity index (χ2v) is 8.91. The predicted molar refractivity (Wildman–Crippen MR) is 126 cm³/mol. The van der Waals surface area contributed by atoms with Crippen molar-refractivity contribution in [2.75, 3.05) is 10.6 Å². The van der Waals surface area contributed by atoms with Gasteiger partial charge >= 0.3 is 0 Å². The molecule has 1 atom stereocenters. The Morgan fingerprint density at radius 2 is 1.67 bits per heavy atom. The van der Waals surface area contributed by atoms with Crippen molar-refractivity contribution in [3.63, 3.8) is 0 Å². The zero-order valence-electron chi connectivity index (χ0n) is 16.4. The van der Waals surface area contributed by atoms with E-state index in [1.165, 1.54) is 11.8 Å². The van der Waals surface area contributed by atoms with Crippen LogP contribution in [0.5, 0.6) is 0 Å². The zero-order valence-corrected chi connectivity index (χ0v) is 18.7. The van der Waals surface area contributed by atoms with Crippen molar-refractivity contribution < 1.29 is 9.59 Å². The number of rotatable bonds is 6. The first-order valence-corrected chi connectivity index (χ1v) is 10.9. The molecule has 2 amide bonds. The van der Waals surface area contributed by atoms with E-state index in [0.717, 1.165) is 10.5 Å². The second-order valence-electron chi connectivity index (χ2n) is 6.65. The lowest BCUT2D eigenvalue weighted by Crippen LogP contribution is -2.22. The first-order valence-electron chi connectivity index (χ1n) is 9.23. The lowest BCUT2D eigenvalue weighted by molar-refractivity contribution is -0.115. The Morgan fingerprint density at radius 3 is 2.43 bits per heavy atom. The van der Waals surface area contributed by atoms with Gasteiger partial charge in [0.15, 0.2) is 0 Å². The van der Waals surface area contributed by atoms with Crippen LogP contribution < -0.4 is 10.6 Å². The highest BCUT2D eigenvalue weighted by atomic mass is 35.5. The molecule has 154 valence electrons. The van der Waals surface area contributed by atoms with Gasteiger partial charge in [-0.15, -0.1) is 11.8 Å². The van der Waals surface area contributed by atoms with Gasteiger partial charge in [0.05, 0.1) is 5.25 Å². The summed E-state index contributed by atoms with van der Waals surface area (Å²) in [5.74, 6) is -0.374. The largest absolute Gasteiger partial charge is 0.325 e. The maximum atomic E-state index is 12.6. The summed E-state index contributed by atoms with van der Waals surface area (Å²) in [6.45, 7) is 3.69. The van der Waals surface area contributed by atoms with E-state index in [0.29, 0.717) is 27.0 Å². The van der Waals surface area contributed by atoms with Gasteiger partial charge in [0.1, 0.15) is 0 Å². The molecule has 3 aromatic rings. The van der Waals surface area contributed by atoms with Crippen molar-refractivity contribution in [2.24, 2.45) is 0 Å². The molecule has 0 bridgehead atoms. The molecule has 1 unspecified atom stereocenters. The molecule has 0 aromatic heterocycles. The summed E-state index contributed by atoms with van der Waals surface area (Å²) in [6.07, 6.45) is 0. The Labute approximate surface area is 190 Å². The van der Waals surface area contributed by atoms with E-state index >= 15 is 0 Å². The Hall–Kier alpha value is -2.47. The third kappa shape index (κ3) is 5.79. The monoisotopic (exact) mass is 458 g/mol.